The van der Waals surface area contributed by atoms with Crippen LogP contribution >= 0.6 is 0 Å². The summed E-state index contributed by atoms with van der Waals surface area (Å²) < 4.78 is 10.8. The maximum Gasteiger partial charge on any atom is 0.231 e. The Balaban J connectivity index is 1.42. The number of ether oxygens (including phenoxy) is 2. The molecule has 0 atom stereocenters. The SMILES string of the molecule is O=C(C1CC1)N(CCN1CCCC1)Cc1ccc2c(c1)OCO2. The number of amides is 1. The zero-order valence-electron chi connectivity index (χ0n) is 13.5. The molecule has 1 saturated carbocycles. The van der Waals surface area contributed by atoms with Crippen molar-refractivity contribution in [3.63, 3.8) is 0 Å². The van der Waals surface area contributed by atoms with E-state index < -0.39 is 0 Å². The quantitative estimate of drug-likeness (QED) is 0.807. The molecule has 124 valence electrons. The molecule has 1 aliphatic carbocycles. The number of carbonyl (C=O) groups excluding carboxylic acids is 1. The number of fused-ring (bicyclic) bond motifs is 1. The minimum absolute atomic E-state index is 0.266. The topological polar surface area (TPSA) is 42.0 Å². The average molecular weight is 316 g/mol. The molecule has 1 aromatic rings. The van der Waals surface area contributed by atoms with Gasteiger partial charge in [0.15, 0.2) is 11.5 Å². The van der Waals surface area contributed by atoms with E-state index in [1.165, 1.54) is 25.9 Å². The first-order valence-electron chi connectivity index (χ1n) is 8.69. The molecule has 4 rings (SSSR count). The summed E-state index contributed by atoms with van der Waals surface area (Å²) in [6, 6.07) is 5.99. The van der Waals surface area contributed by atoms with Crippen LogP contribution in [0.15, 0.2) is 18.2 Å². The van der Waals surface area contributed by atoms with Gasteiger partial charge in [0, 0.05) is 25.6 Å². The van der Waals surface area contributed by atoms with Gasteiger partial charge in [-0.3, -0.25) is 4.79 Å². The van der Waals surface area contributed by atoms with Crippen molar-refractivity contribution in [2.24, 2.45) is 5.92 Å². The first-order valence-corrected chi connectivity index (χ1v) is 8.69. The van der Waals surface area contributed by atoms with Crippen molar-refractivity contribution < 1.29 is 14.3 Å². The summed E-state index contributed by atoms with van der Waals surface area (Å²) in [5.74, 6) is 2.18. The molecule has 0 aromatic heterocycles. The standard InChI is InChI=1S/C18H24N2O3/c21-18(15-4-5-15)20(10-9-19-7-1-2-8-19)12-14-3-6-16-17(11-14)23-13-22-16/h3,6,11,15H,1-2,4-5,7-10,12-13H2. The molecule has 0 unspecified atom stereocenters. The van der Waals surface area contributed by atoms with Crippen LogP contribution in [-0.4, -0.2) is 48.7 Å². The minimum atomic E-state index is 0.266. The lowest BCUT2D eigenvalue weighted by Crippen LogP contribution is -2.38. The normalized spacial score (nSPS) is 20.0. The number of carbonyl (C=O) groups is 1. The van der Waals surface area contributed by atoms with Crippen LogP contribution < -0.4 is 9.47 Å². The Hall–Kier alpha value is -1.75. The van der Waals surface area contributed by atoms with Crippen LogP contribution in [0.3, 0.4) is 0 Å². The lowest BCUT2D eigenvalue weighted by atomic mass is 10.1. The predicted octanol–water partition coefficient (Wildman–Crippen LogP) is 2.25. The minimum Gasteiger partial charge on any atom is -0.454 e. The van der Waals surface area contributed by atoms with Gasteiger partial charge < -0.3 is 19.3 Å². The highest BCUT2D eigenvalue weighted by Crippen LogP contribution is 2.34. The van der Waals surface area contributed by atoms with E-state index in [2.05, 4.69) is 4.90 Å². The Labute approximate surface area is 137 Å². The zero-order valence-corrected chi connectivity index (χ0v) is 13.5. The molecule has 1 saturated heterocycles. The smallest absolute Gasteiger partial charge is 0.231 e. The van der Waals surface area contributed by atoms with Crippen molar-refractivity contribution in [3.05, 3.63) is 23.8 Å². The molecule has 0 radical (unpaired) electrons. The summed E-state index contributed by atoms with van der Waals surface area (Å²) in [5.41, 5.74) is 1.12. The predicted molar refractivity (Wildman–Crippen MR) is 86.4 cm³/mol. The molecule has 1 aromatic carbocycles. The molecule has 23 heavy (non-hydrogen) atoms. The van der Waals surface area contributed by atoms with Crippen LogP contribution in [0.1, 0.15) is 31.2 Å². The first-order chi connectivity index (χ1) is 11.3. The van der Waals surface area contributed by atoms with Crippen LogP contribution in [0.4, 0.5) is 0 Å². The Morgan fingerprint density at radius 3 is 2.74 bits per heavy atom. The largest absolute Gasteiger partial charge is 0.454 e. The number of rotatable bonds is 6. The van der Waals surface area contributed by atoms with Crippen LogP contribution in [0.2, 0.25) is 0 Å². The third-order valence-electron chi connectivity index (χ3n) is 4.93. The van der Waals surface area contributed by atoms with Crippen molar-refractivity contribution in [3.8, 4) is 11.5 Å². The number of likely N-dealkylation sites (tertiary alicyclic amines) is 1. The first kappa shape index (κ1) is 14.8. The van der Waals surface area contributed by atoms with E-state index in [0.717, 1.165) is 43.0 Å². The molecular weight excluding hydrogens is 292 g/mol. The van der Waals surface area contributed by atoms with E-state index in [1.54, 1.807) is 0 Å². The molecule has 1 amide bonds. The highest BCUT2D eigenvalue weighted by Gasteiger charge is 2.33. The fourth-order valence-electron chi connectivity index (χ4n) is 3.38. The average Bonchev–Trinajstić information content (AvgIpc) is 3.09. The summed E-state index contributed by atoms with van der Waals surface area (Å²) in [5, 5.41) is 0. The van der Waals surface area contributed by atoms with E-state index in [4.69, 9.17) is 9.47 Å². The molecule has 2 aliphatic heterocycles. The van der Waals surface area contributed by atoms with Crippen molar-refractivity contribution in [2.75, 3.05) is 33.0 Å². The number of hydrogen-bond acceptors (Lipinski definition) is 4. The fraction of sp³-hybridized carbons (Fsp3) is 0.611. The van der Waals surface area contributed by atoms with Crippen LogP contribution in [0.5, 0.6) is 11.5 Å². The molecule has 0 bridgehead atoms. The van der Waals surface area contributed by atoms with Gasteiger partial charge >= 0.3 is 0 Å². The van der Waals surface area contributed by atoms with Gasteiger partial charge in [0.25, 0.3) is 0 Å². The molecule has 2 heterocycles. The molecular formula is C18H24N2O3. The number of benzene rings is 1. The second kappa shape index (κ2) is 6.40. The van der Waals surface area contributed by atoms with Gasteiger partial charge in [0.2, 0.25) is 12.7 Å². The lowest BCUT2D eigenvalue weighted by molar-refractivity contribution is -0.133. The Morgan fingerprint density at radius 2 is 1.96 bits per heavy atom. The van der Waals surface area contributed by atoms with Gasteiger partial charge in [0.05, 0.1) is 0 Å². The van der Waals surface area contributed by atoms with Crippen molar-refractivity contribution >= 4 is 5.91 Å². The fourth-order valence-corrected chi connectivity index (χ4v) is 3.38. The van der Waals surface area contributed by atoms with E-state index >= 15 is 0 Å². The zero-order chi connectivity index (χ0) is 15.6. The molecule has 0 N–H and O–H groups in total. The van der Waals surface area contributed by atoms with Gasteiger partial charge in [-0.05, 0) is 56.5 Å². The Morgan fingerprint density at radius 1 is 1.17 bits per heavy atom. The highest BCUT2D eigenvalue weighted by atomic mass is 16.7. The van der Waals surface area contributed by atoms with Gasteiger partial charge in [-0.1, -0.05) is 6.07 Å². The Bertz CT molecular complexity index is 580. The van der Waals surface area contributed by atoms with Crippen molar-refractivity contribution in [1.29, 1.82) is 0 Å². The summed E-state index contributed by atoms with van der Waals surface area (Å²) in [7, 11) is 0. The second-order valence-corrected chi connectivity index (χ2v) is 6.77. The molecule has 3 aliphatic rings. The summed E-state index contributed by atoms with van der Waals surface area (Å²) in [6.45, 7) is 5.12. The molecule has 0 spiro atoms. The highest BCUT2D eigenvalue weighted by molar-refractivity contribution is 5.81. The van der Waals surface area contributed by atoms with Gasteiger partial charge in [0.1, 0.15) is 0 Å². The maximum absolute atomic E-state index is 12.6. The van der Waals surface area contributed by atoms with Gasteiger partial charge in [-0.25, -0.2) is 0 Å². The van der Waals surface area contributed by atoms with Gasteiger partial charge in [-0.2, -0.15) is 0 Å². The third kappa shape index (κ3) is 3.44. The van der Waals surface area contributed by atoms with Crippen LogP contribution in [0, 0.1) is 5.92 Å². The number of nitrogens with zero attached hydrogens (tertiary/aromatic N) is 2. The summed E-state index contributed by atoms with van der Waals surface area (Å²) in [4.78, 5) is 17.1. The summed E-state index contributed by atoms with van der Waals surface area (Å²) in [6.07, 6.45) is 4.69. The monoisotopic (exact) mass is 316 g/mol. The van der Waals surface area contributed by atoms with E-state index in [0.29, 0.717) is 19.2 Å². The molecule has 2 fully saturated rings. The summed E-state index contributed by atoms with van der Waals surface area (Å²) >= 11 is 0. The van der Waals surface area contributed by atoms with Crippen molar-refractivity contribution in [2.45, 2.75) is 32.2 Å². The van der Waals surface area contributed by atoms with Crippen molar-refractivity contribution in [1.82, 2.24) is 9.80 Å². The third-order valence-corrected chi connectivity index (χ3v) is 4.93. The van der Waals surface area contributed by atoms with E-state index in [1.807, 2.05) is 23.1 Å². The van der Waals surface area contributed by atoms with Crippen LogP contribution in [-0.2, 0) is 11.3 Å². The molecule has 5 heteroatoms. The van der Waals surface area contributed by atoms with E-state index in [9.17, 15) is 4.79 Å². The van der Waals surface area contributed by atoms with Gasteiger partial charge in [-0.15, -0.1) is 0 Å². The van der Waals surface area contributed by atoms with Crippen LogP contribution in [0.25, 0.3) is 0 Å². The number of hydrogen-bond donors (Lipinski definition) is 0. The molecule has 5 nitrogen and oxygen atoms in total. The van der Waals surface area contributed by atoms with E-state index in [-0.39, 0.29) is 5.92 Å². The Kier molecular flexibility index (Phi) is 4.12. The maximum atomic E-state index is 12.6. The second-order valence-electron chi connectivity index (χ2n) is 6.77. The lowest BCUT2D eigenvalue weighted by Gasteiger charge is -2.26.